The molecule has 0 atom stereocenters. The molecule has 0 N–H and O–H groups in total. The zero-order chi connectivity index (χ0) is 10.8. The summed E-state index contributed by atoms with van der Waals surface area (Å²) in [5.41, 5.74) is -1.39. The first-order valence-corrected chi connectivity index (χ1v) is 7.04. The van der Waals surface area contributed by atoms with Crippen molar-refractivity contribution in [2.24, 2.45) is 5.41 Å². The lowest BCUT2D eigenvalue weighted by atomic mass is 9.76. The van der Waals surface area contributed by atoms with Crippen molar-refractivity contribution in [3.05, 3.63) is 0 Å². The maximum Gasteiger partial charge on any atom is 0.245 e. The molecular weight excluding hydrogens is 234 g/mol. The fourth-order valence-corrected chi connectivity index (χ4v) is 3.78. The van der Waals surface area contributed by atoms with Gasteiger partial charge in [-0.15, -0.1) is 0 Å². The molecule has 0 radical (unpaired) electrons. The van der Waals surface area contributed by atoms with E-state index in [4.69, 9.17) is 10.7 Å². The van der Waals surface area contributed by atoms with Gasteiger partial charge in [0, 0.05) is 16.1 Å². The Labute approximate surface area is 87.1 Å². The fraction of sp³-hybridized carbons (Fsp3) is 1.00. The molecule has 1 aliphatic rings. The average Bonchev–Trinajstić information content (AvgIpc) is 2.02. The Hall–Kier alpha value is 0.1000. The SMILES string of the molecule is O=S(=O)(Cl)CC1(C(F)F)CCCCC1. The average molecular weight is 247 g/mol. The molecule has 0 aromatic rings. The van der Waals surface area contributed by atoms with Crippen molar-refractivity contribution >= 4 is 19.7 Å². The van der Waals surface area contributed by atoms with Gasteiger partial charge in [-0.25, -0.2) is 17.2 Å². The number of alkyl halides is 2. The second-order valence-corrected chi connectivity index (χ2v) is 6.68. The lowest BCUT2D eigenvalue weighted by molar-refractivity contribution is -0.0149. The summed E-state index contributed by atoms with van der Waals surface area (Å²) in [5, 5.41) is 0. The van der Waals surface area contributed by atoms with Crippen LogP contribution in [0.5, 0.6) is 0 Å². The quantitative estimate of drug-likeness (QED) is 0.718. The summed E-state index contributed by atoms with van der Waals surface area (Å²) in [6, 6.07) is 0. The van der Waals surface area contributed by atoms with E-state index in [1.807, 2.05) is 0 Å². The molecule has 6 heteroatoms. The first-order chi connectivity index (χ1) is 6.36. The van der Waals surface area contributed by atoms with E-state index in [9.17, 15) is 17.2 Å². The molecule has 0 saturated heterocycles. The Morgan fingerprint density at radius 2 is 1.71 bits per heavy atom. The summed E-state index contributed by atoms with van der Waals surface area (Å²) in [6.45, 7) is 0. The minimum Gasteiger partial charge on any atom is -0.212 e. The van der Waals surface area contributed by atoms with Crippen LogP contribution in [0, 0.1) is 5.41 Å². The van der Waals surface area contributed by atoms with E-state index in [0.29, 0.717) is 12.8 Å². The molecule has 0 bridgehead atoms. The van der Waals surface area contributed by atoms with Gasteiger partial charge in [-0.1, -0.05) is 19.3 Å². The van der Waals surface area contributed by atoms with E-state index in [1.165, 1.54) is 0 Å². The van der Waals surface area contributed by atoms with Gasteiger partial charge in [-0.3, -0.25) is 0 Å². The third kappa shape index (κ3) is 3.05. The van der Waals surface area contributed by atoms with Crippen molar-refractivity contribution < 1.29 is 17.2 Å². The van der Waals surface area contributed by atoms with Crippen molar-refractivity contribution in [1.82, 2.24) is 0 Å². The zero-order valence-electron chi connectivity index (χ0n) is 7.68. The zero-order valence-corrected chi connectivity index (χ0v) is 9.25. The number of hydrogen-bond donors (Lipinski definition) is 0. The van der Waals surface area contributed by atoms with Gasteiger partial charge in [0.2, 0.25) is 15.5 Å². The normalized spacial score (nSPS) is 22.6. The van der Waals surface area contributed by atoms with E-state index in [-0.39, 0.29) is 12.8 Å². The highest BCUT2D eigenvalue weighted by molar-refractivity contribution is 8.13. The van der Waals surface area contributed by atoms with Crippen LogP contribution in [0.4, 0.5) is 8.78 Å². The monoisotopic (exact) mass is 246 g/mol. The van der Waals surface area contributed by atoms with E-state index >= 15 is 0 Å². The Bertz CT molecular complexity index is 284. The smallest absolute Gasteiger partial charge is 0.212 e. The Morgan fingerprint density at radius 3 is 2.07 bits per heavy atom. The van der Waals surface area contributed by atoms with Crippen LogP contribution < -0.4 is 0 Å². The van der Waals surface area contributed by atoms with Crippen molar-refractivity contribution in [2.75, 3.05) is 5.75 Å². The van der Waals surface area contributed by atoms with Gasteiger partial charge in [-0.05, 0) is 12.8 Å². The summed E-state index contributed by atoms with van der Waals surface area (Å²) in [4.78, 5) is 0. The maximum absolute atomic E-state index is 12.8. The van der Waals surface area contributed by atoms with Gasteiger partial charge in [0.15, 0.2) is 0 Å². The van der Waals surface area contributed by atoms with E-state index < -0.39 is 26.6 Å². The minimum absolute atomic E-state index is 0.261. The Balaban J connectivity index is 2.81. The highest BCUT2D eigenvalue weighted by Crippen LogP contribution is 2.42. The number of halogens is 3. The van der Waals surface area contributed by atoms with Crippen LogP contribution in [0.15, 0.2) is 0 Å². The van der Waals surface area contributed by atoms with Gasteiger partial charge in [0.25, 0.3) is 0 Å². The highest BCUT2D eigenvalue weighted by atomic mass is 35.7. The Kier molecular flexibility index (Phi) is 3.75. The second kappa shape index (κ2) is 4.31. The third-order valence-electron chi connectivity index (χ3n) is 2.77. The molecule has 1 saturated carbocycles. The molecule has 1 rings (SSSR count). The molecule has 0 amide bonds. The molecule has 0 aromatic heterocycles. The minimum atomic E-state index is -3.83. The topological polar surface area (TPSA) is 34.1 Å². The predicted molar refractivity (Wildman–Crippen MR) is 51.2 cm³/mol. The first kappa shape index (κ1) is 12.2. The van der Waals surface area contributed by atoms with Crippen LogP contribution in [0.25, 0.3) is 0 Å². The lowest BCUT2D eigenvalue weighted by Crippen LogP contribution is -2.37. The molecule has 2 nitrogen and oxygen atoms in total. The molecule has 0 heterocycles. The molecule has 0 aromatic carbocycles. The van der Waals surface area contributed by atoms with Gasteiger partial charge >= 0.3 is 0 Å². The number of rotatable bonds is 3. The van der Waals surface area contributed by atoms with Gasteiger partial charge in [0.1, 0.15) is 0 Å². The van der Waals surface area contributed by atoms with E-state index in [1.54, 1.807) is 0 Å². The third-order valence-corrected chi connectivity index (χ3v) is 4.02. The number of hydrogen-bond acceptors (Lipinski definition) is 2. The van der Waals surface area contributed by atoms with Gasteiger partial charge < -0.3 is 0 Å². The van der Waals surface area contributed by atoms with Crippen molar-refractivity contribution in [1.29, 1.82) is 0 Å². The predicted octanol–water partition coefficient (Wildman–Crippen LogP) is 2.77. The lowest BCUT2D eigenvalue weighted by Gasteiger charge is -2.35. The second-order valence-electron chi connectivity index (χ2n) is 3.91. The summed E-state index contributed by atoms with van der Waals surface area (Å²) in [5.74, 6) is -0.598. The summed E-state index contributed by atoms with van der Waals surface area (Å²) in [6.07, 6.45) is 0.147. The molecule has 0 aliphatic heterocycles. The molecule has 0 unspecified atom stereocenters. The van der Waals surface area contributed by atoms with Crippen LogP contribution in [0.3, 0.4) is 0 Å². The van der Waals surface area contributed by atoms with Gasteiger partial charge in [0.05, 0.1) is 5.75 Å². The molecular formula is C8H13ClF2O2S. The van der Waals surface area contributed by atoms with Crippen LogP contribution >= 0.6 is 10.7 Å². The molecule has 1 aliphatic carbocycles. The van der Waals surface area contributed by atoms with E-state index in [0.717, 1.165) is 6.42 Å². The maximum atomic E-state index is 12.8. The molecule has 84 valence electrons. The van der Waals surface area contributed by atoms with E-state index in [2.05, 4.69) is 0 Å². The highest BCUT2D eigenvalue weighted by Gasteiger charge is 2.43. The van der Waals surface area contributed by atoms with Crippen molar-refractivity contribution in [2.45, 2.75) is 38.5 Å². The summed E-state index contributed by atoms with van der Waals surface area (Å²) >= 11 is 0. The van der Waals surface area contributed by atoms with Crippen LogP contribution in [-0.4, -0.2) is 20.6 Å². The van der Waals surface area contributed by atoms with Crippen molar-refractivity contribution in [3.8, 4) is 0 Å². The van der Waals surface area contributed by atoms with Crippen LogP contribution in [0.2, 0.25) is 0 Å². The summed E-state index contributed by atoms with van der Waals surface area (Å²) < 4.78 is 47.2. The largest absolute Gasteiger partial charge is 0.245 e. The van der Waals surface area contributed by atoms with Gasteiger partial charge in [-0.2, -0.15) is 0 Å². The molecule has 0 spiro atoms. The molecule has 1 fully saturated rings. The summed E-state index contributed by atoms with van der Waals surface area (Å²) in [7, 11) is 1.20. The van der Waals surface area contributed by atoms with Crippen molar-refractivity contribution in [3.63, 3.8) is 0 Å². The van der Waals surface area contributed by atoms with Crippen LogP contribution in [-0.2, 0) is 9.05 Å². The Morgan fingerprint density at radius 1 is 1.21 bits per heavy atom. The standard InChI is InChI=1S/C8H13ClF2O2S/c9-14(12,13)6-8(7(10)11)4-2-1-3-5-8/h7H,1-6H2. The van der Waals surface area contributed by atoms with Crippen LogP contribution in [0.1, 0.15) is 32.1 Å². The molecule has 14 heavy (non-hydrogen) atoms. The first-order valence-electron chi connectivity index (χ1n) is 4.56. The fourth-order valence-electron chi connectivity index (χ4n) is 2.02.